The van der Waals surface area contributed by atoms with E-state index in [1.165, 1.54) is 44.9 Å². The number of hydrogen-bond donors (Lipinski definition) is 1. The molecule has 1 N–H and O–H groups in total. The summed E-state index contributed by atoms with van der Waals surface area (Å²) in [6.45, 7) is 3.15. The highest BCUT2D eigenvalue weighted by Crippen LogP contribution is 2.37. The lowest BCUT2D eigenvalue weighted by Gasteiger charge is -2.37. The molecule has 0 radical (unpaired) electrons. The maximum absolute atomic E-state index is 5.91. The van der Waals surface area contributed by atoms with E-state index < -0.39 is 0 Å². The van der Waals surface area contributed by atoms with Gasteiger partial charge in [-0.25, -0.2) is 0 Å². The van der Waals surface area contributed by atoms with Gasteiger partial charge in [-0.2, -0.15) is 0 Å². The third-order valence-electron chi connectivity index (χ3n) is 3.92. The maximum Gasteiger partial charge on any atom is 0.0534 e. The van der Waals surface area contributed by atoms with Crippen LogP contribution in [0.15, 0.2) is 0 Å². The summed E-state index contributed by atoms with van der Waals surface area (Å²) in [6, 6.07) is 0. The van der Waals surface area contributed by atoms with Crippen LogP contribution >= 0.6 is 0 Å². The minimum absolute atomic E-state index is 0.460. The van der Waals surface area contributed by atoms with Crippen LogP contribution in [-0.4, -0.2) is 26.8 Å². The Morgan fingerprint density at radius 3 is 2.53 bits per heavy atom. The van der Waals surface area contributed by atoms with Gasteiger partial charge in [-0.1, -0.05) is 19.3 Å². The van der Waals surface area contributed by atoms with E-state index in [1.54, 1.807) is 0 Å². The molecule has 2 nitrogen and oxygen atoms in total. The highest BCUT2D eigenvalue weighted by Gasteiger charge is 2.32. The second-order valence-corrected chi connectivity index (χ2v) is 5.55. The van der Waals surface area contributed by atoms with Crippen molar-refractivity contribution in [2.45, 2.75) is 44.9 Å². The van der Waals surface area contributed by atoms with Crippen LogP contribution in [0.25, 0.3) is 0 Å². The molecule has 0 atom stereocenters. The molecule has 2 rings (SSSR count). The second-order valence-electron chi connectivity index (χ2n) is 5.55. The normalized spacial score (nSPS) is 25.4. The fraction of sp³-hybridized carbons (Fsp3) is 1.00. The molecule has 0 saturated heterocycles. The fourth-order valence-electron chi connectivity index (χ4n) is 2.78. The minimum atomic E-state index is 0.460. The summed E-state index contributed by atoms with van der Waals surface area (Å²) in [5, 5.41) is 3.35. The van der Waals surface area contributed by atoms with Crippen molar-refractivity contribution < 1.29 is 4.74 Å². The van der Waals surface area contributed by atoms with Crippen LogP contribution in [0.3, 0.4) is 0 Å². The van der Waals surface area contributed by atoms with E-state index in [-0.39, 0.29) is 0 Å². The van der Waals surface area contributed by atoms with Crippen LogP contribution < -0.4 is 5.32 Å². The molecule has 0 amide bonds. The molecule has 2 saturated carbocycles. The lowest BCUT2D eigenvalue weighted by molar-refractivity contribution is 0.0166. The van der Waals surface area contributed by atoms with Gasteiger partial charge >= 0.3 is 0 Å². The Labute approximate surface area is 93.8 Å². The molecule has 0 aromatic carbocycles. The second kappa shape index (κ2) is 5.31. The molecule has 15 heavy (non-hydrogen) atoms. The molecule has 0 aromatic heterocycles. The maximum atomic E-state index is 5.91. The Hall–Kier alpha value is -0.0800. The summed E-state index contributed by atoms with van der Waals surface area (Å²) < 4.78 is 5.91. The van der Waals surface area contributed by atoms with Crippen molar-refractivity contribution in [2.75, 3.05) is 26.8 Å². The zero-order valence-electron chi connectivity index (χ0n) is 10.1. The first-order valence-corrected chi connectivity index (χ1v) is 6.57. The lowest BCUT2D eigenvalue weighted by atomic mass is 9.74. The number of nitrogens with one attached hydrogen (secondary N) is 1. The van der Waals surface area contributed by atoms with Gasteiger partial charge in [0.1, 0.15) is 0 Å². The summed E-state index contributed by atoms with van der Waals surface area (Å²) in [5.41, 5.74) is 0.460. The monoisotopic (exact) mass is 211 g/mol. The standard InChI is InChI=1S/C13H25NO/c1-14-10-13(7-3-2-4-8-13)11-15-9-12-5-6-12/h12,14H,2-11H2,1H3. The summed E-state index contributed by atoms with van der Waals surface area (Å²) in [5.74, 6) is 0.903. The van der Waals surface area contributed by atoms with E-state index in [2.05, 4.69) is 12.4 Å². The van der Waals surface area contributed by atoms with Crippen molar-refractivity contribution in [1.29, 1.82) is 0 Å². The van der Waals surface area contributed by atoms with E-state index in [4.69, 9.17) is 4.74 Å². The summed E-state index contributed by atoms with van der Waals surface area (Å²) in [7, 11) is 2.07. The van der Waals surface area contributed by atoms with Gasteiger partial charge in [0.2, 0.25) is 0 Å². The minimum Gasteiger partial charge on any atom is -0.381 e. The summed E-state index contributed by atoms with van der Waals surface area (Å²) in [6.07, 6.45) is 9.74. The molecule has 0 aromatic rings. The first-order chi connectivity index (χ1) is 7.35. The first kappa shape index (κ1) is 11.4. The van der Waals surface area contributed by atoms with E-state index in [0.29, 0.717) is 5.41 Å². The van der Waals surface area contributed by atoms with Gasteiger partial charge in [-0.3, -0.25) is 0 Å². The molecule has 0 spiro atoms. The van der Waals surface area contributed by atoms with Crippen LogP contribution in [0.2, 0.25) is 0 Å². The molecule has 0 bridgehead atoms. The smallest absolute Gasteiger partial charge is 0.0534 e. The predicted molar refractivity (Wildman–Crippen MR) is 63.0 cm³/mol. The van der Waals surface area contributed by atoms with E-state index in [1.807, 2.05) is 0 Å². The average Bonchev–Trinajstić information content (AvgIpc) is 3.04. The van der Waals surface area contributed by atoms with Crippen molar-refractivity contribution in [2.24, 2.45) is 11.3 Å². The van der Waals surface area contributed by atoms with Gasteiger partial charge < -0.3 is 10.1 Å². The quantitative estimate of drug-likeness (QED) is 0.729. The van der Waals surface area contributed by atoms with Gasteiger partial charge in [-0.05, 0) is 38.6 Å². The average molecular weight is 211 g/mol. The SMILES string of the molecule is CNCC1(COCC2CC2)CCCCC1. The highest BCUT2D eigenvalue weighted by atomic mass is 16.5. The Kier molecular flexibility index (Phi) is 4.04. The van der Waals surface area contributed by atoms with Crippen LogP contribution in [0, 0.1) is 11.3 Å². The summed E-state index contributed by atoms with van der Waals surface area (Å²) in [4.78, 5) is 0. The van der Waals surface area contributed by atoms with Crippen molar-refractivity contribution >= 4 is 0 Å². The number of rotatable bonds is 6. The molecule has 0 heterocycles. The van der Waals surface area contributed by atoms with Gasteiger partial charge in [0, 0.05) is 18.6 Å². The van der Waals surface area contributed by atoms with Gasteiger partial charge in [0.15, 0.2) is 0 Å². The first-order valence-electron chi connectivity index (χ1n) is 6.57. The molecule has 88 valence electrons. The van der Waals surface area contributed by atoms with Crippen LogP contribution in [-0.2, 0) is 4.74 Å². The molecule has 0 unspecified atom stereocenters. The van der Waals surface area contributed by atoms with Gasteiger partial charge in [-0.15, -0.1) is 0 Å². The lowest BCUT2D eigenvalue weighted by Crippen LogP contribution is -2.38. The topological polar surface area (TPSA) is 21.3 Å². The van der Waals surface area contributed by atoms with Crippen molar-refractivity contribution in [3.63, 3.8) is 0 Å². The predicted octanol–water partition coefficient (Wildman–Crippen LogP) is 2.58. The summed E-state index contributed by atoms with van der Waals surface area (Å²) >= 11 is 0. The third kappa shape index (κ3) is 3.46. The van der Waals surface area contributed by atoms with Gasteiger partial charge in [0.05, 0.1) is 6.61 Å². The van der Waals surface area contributed by atoms with Gasteiger partial charge in [0.25, 0.3) is 0 Å². The molecule has 2 heteroatoms. The molecule has 2 aliphatic carbocycles. The third-order valence-corrected chi connectivity index (χ3v) is 3.92. The van der Waals surface area contributed by atoms with Crippen molar-refractivity contribution in [3.8, 4) is 0 Å². The number of hydrogen-bond acceptors (Lipinski definition) is 2. The fourth-order valence-corrected chi connectivity index (χ4v) is 2.78. The van der Waals surface area contributed by atoms with Crippen molar-refractivity contribution in [3.05, 3.63) is 0 Å². The highest BCUT2D eigenvalue weighted by molar-refractivity contribution is 4.85. The van der Waals surface area contributed by atoms with E-state index in [0.717, 1.165) is 25.7 Å². The van der Waals surface area contributed by atoms with Crippen LogP contribution in [0.1, 0.15) is 44.9 Å². The van der Waals surface area contributed by atoms with Crippen molar-refractivity contribution in [1.82, 2.24) is 5.32 Å². The number of ether oxygens (including phenoxy) is 1. The van der Waals surface area contributed by atoms with Crippen LogP contribution in [0.4, 0.5) is 0 Å². The van der Waals surface area contributed by atoms with E-state index in [9.17, 15) is 0 Å². The molecule has 0 aliphatic heterocycles. The molecular weight excluding hydrogens is 186 g/mol. The zero-order valence-corrected chi connectivity index (χ0v) is 10.1. The van der Waals surface area contributed by atoms with Crippen LogP contribution in [0.5, 0.6) is 0 Å². The largest absolute Gasteiger partial charge is 0.381 e. The van der Waals surface area contributed by atoms with E-state index >= 15 is 0 Å². The Morgan fingerprint density at radius 1 is 1.20 bits per heavy atom. The Morgan fingerprint density at radius 2 is 1.93 bits per heavy atom. The molecular formula is C13H25NO. The Bertz CT molecular complexity index is 177. The molecule has 2 fully saturated rings. The molecule has 2 aliphatic rings. The zero-order chi connectivity index (χ0) is 10.6. The Balaban J connectivity index is 1.74.